The molecule has 0 spiro atoms. The van der Waals surface area contributed by atoms with E-state index in [4.69, 9.17) is 0 Å². The SMILES string of the molecule is CC(O)(Cn1ccc(C(F)(F)F)n1)c1ccccc1. The van der Waals surface area contributed by atoms with Crippen LogP contribution in [0.4, 0.5) is 13.2 Å². The van der Waals surface area contributed by atoms with E-state index in [2.05, 4.69) is 5.10 Å². The van der Waals surface area contributed by atoms with Crippen molar-refractivity contribution in [3.63, 3.8) is 0 Å². The molecular weight excluding hydrogens is 257 g/mol. The second kappa shape index (κ2) is 4.70. The first-order valence-corrected chi connectivity index (χ1v) is 5.67. The molecule has 102 valence electrons. The Bertz CT molecular complexity index is 547. The van der Waals surface area contributed by atoms with Crippen molar-refractivity contribution in [3.8, 4) is 0 Å². The number of alkyl halides is 3. The molecule has 0 aliphatic carbocycles. The van der Waals surface area contributed by atoms with Crippen LogP contribution in [0.2, 0.25) is 0 Å². The van der Waals surface area contributed by atoms with E-state index in [1.165, 1.54) is 13.1 Å². The number of halogens is 3. The lowest BCUT2D eigenvalue weighted by atomic mass is 9.96. The zero-order valence-electron chi connectivity index (χ0n) is 10.2. The highest BCUT2D eigenvalue weighted by Crippen LogP contribution is 2.28. The number of benzene rings is 1. The molecule has 0 aliphatic rings. The maximum atomic E-state index is 12.4. The van der Waals surface area contributed by atoms with Crippen LogP contribution >= 0.6 is 0 Å². The molecule has 0 radical (unpaired) electrons. The minimum Gasteiger partial charge on any atom is -0.384 e. The van der Waals surface area contributed by atoms with Gasteiger partial charge in [-0.2, -0.15) is 18.3 Å². The molecule has 0 saturated heterocycles. The molecular formula is C13H13F3N2O. The first kappa shape index (κ1) is 13.6. The fraction of sp³-hybridized carbons (Fsp3) is 0.308. The van der Waals surface area contributed by atoms with E-state index in [-0.39, 0.29) is 6.54 Å². The van der Waals surface area contributed by atoms with Crippen LogP contribution in [0.25, 0.3) is 0 Å². The third-order valence-electron chi connectivity index (χ3n) is 2.80. The Balaban J connectivity index is 2.19. The Morgan fingerprint density at radius 3 is 2.32 bits per heavy atom. The Kier molecular flexibility index (Phi) is 3.36. The molecule has 0 amide bonds. The van der Waals surface area contributed by atoms with E-state index in [1.54, 1.807) is 30.3 Å². The highest BCUT2D eigenvalue weighted by atomic mass is 19.4. The normalized spacial score (nSPS) is 15.2. The molecule has 2 rings (SSSR count). The molecule has 0 bridgehead atoms. The van der Waals surface area contributed by atoms with Crippen LogP contribution in [0, 0.1) is 0 Å². The van der Waals surface area contributed by atoms with Crippen LogP contribution in [0.15, 0.2) is 42.6 Å². The average molecular weight is 270 g/mol. The Labute approximate surface area is 108 Å². The minimum absolute atomic E-state index is 0.0485. The summed E-state index contributed by atoms with van der Waals surface area (Å²) in [4.78, 5) is 0. The Hall–Kier alpha value is -1.82. The maximum Gasteiger partial charge on any atom is 0.435 e. The quantitative estimate of drug-likeness (QED) is 0.931. The molecule has 0 fully saturated rings. The molecule has 1 atom stereocenters. The maximum absolute atomic E-state index is 12.4. The first-order chi connectivity index (χ1) is 8.79. The van der Waals surface area contributed by atoms with Crippen molar-refractivity contribution in [1.29, 1.82) is 0 Å². The average Bonchev–Trinajstić information content (AvgIpc) is 2.78. The highest BCUT2D eigenvalue weighted by Gasteiger charge is 2.34. The van der Waals surface area contributed by atoms with Crippen molar-refractivity contribution in [1.82, 2.24) is 9.78 Å². The predicted octanol–water partition coefficient (Wildman–Crippen LogP) is 2.81. The molecule has 2 aromatic rings. The standard InChI is InChI=1S/C13H13F3N2O/c1-12(19,10-5-3-2-4-6-10)9-18-8-7-11(17-18)13(14,15)16/h2-8,19H,9H2,1H3. The van der Waals surface area contributed by atoms with Gasteiger partial charge in [0.25, 0.3) is 0 Å². The summed E-state index contributed by atoms with van der Waals surface area (Å²) in [6.07, 6.45) is -3.26. The number of nitrogens with zero attached hydrogens (tertiary/aromatic N) is 2. The second-order valence-corrected chi connectivity index (χ2v) is 4.54. The lowest BCUT2D eigenvalue weighted by Crippen LogP contribution is -2.28. The smallest absolute Gasteiger partial charge is 0.384 e. The van der Waals surface area contributed by atoms with E-state index < -0.39 is 17.5 Å². The number of aliphatic hydroxyl groups is 1. The van der Waals surface area contributed by atoms with Gasteiger partial charge in [-0.3, -0.25) is 4.68 Å². The van der Waals surface area contributed by atoms with Gasteiger partial charge in [-0.25, -0.2) is 0 Å². The van der Waals surface area contributed by atoms with E-state index in [0.29, 0.717) is 5.56 Å². The van der Waals surface area contributed by atoms with Crippen LogP contribution in [0.5, 0.6) is 0 Å². The summed E-state index contributed by atoms with van der Waals surface area (Å²) in [6.45, 7) is 1.49. The van der Waals surface area contributed by atoms with Crippen LogP contribution in [0.1, 0.15) is 18.2 Å². The summed E-state index contributed by atoms with van der Waals surface area (Å²) in [5.74, 6) is 0. The monoisotopic (exact) mass is 270 g/mol. The Morgan fingerprint density at radius 2 is 1.79 bits per heavy atom. The van der Waals surface area contributed by atoms with Crippen LogP contribution in [-0.2, 0) is 18.3 Å². The number of hydrogen-bond donors (Lipinski definition) is 1. The largest absolute Gasteiger partial charge is 0.435 e. The second-order valence-electron chi connectivity index (χ2n) is 4.54. The minimum atomic E-state index is -4.47. The Morgan fingerprint density at radius 1 is 1.16 bits per heavy atom. The predicted molar refractivity (Wildman–Crippen MR) is 63.2 cm³/mol. The van der Waals surface area contributed by atoms with E-state index in [0.717, 1.165) is 10.7 Å². The third kappa shape index (κ3) is 3.14. The van der Waals surface area contributed by atoms with E-state index in [9.17, 15) is 18.3 Å². The van der Waals surface area contributed by atoms with Gasteiger partial charge < -0.3 is 5.11 Å². The fourth-order valence-electron chi connectivity index (χ4n) is 1.80. The zero-order valence-corrected chi connectivity index (χ0v) is 10.2. The molecule has 1 N–H and O–H groups in total. The molecule has 3 nitrogen and oxygen atoms in total. The van der Waals surface area contributed by atoms with Gasteiger partial charge in [-0.1, -0.05) is 30.3 Å². The molecule has 19 heavy (non-hydrogen) atoms. The molecule has 1 unspecified atom stereocenters. The van der Waals surface area contributed by atoms with Crippen molar-refractivity contribution in [2.24, 2.45) is 0 Å². The number of hydrogen-bond acceptors (Lipinski definition) is 2. The third-order valence-corrected chi connectivity index (χ3v) is 2.80. The summed E-state index contributed by atoms with van der Waals surface area (Å²) in [5.41, 5.74) is -1.62. The summed E-state index contributed by atoms with van der Waals surface area (Å²) in [7, 11) is 0. The van der Waals surface area contributed by atoms with E-state index in [1.807, 2.05) is 0 Å². The molecule has 0 aliphatic heterocycles. The van der Waals surface area contributed by atoms with E-state index >= 15 is 0 Å². The van der Waals surface area contributed by atoms with Gasteiger partial charge in [0.05, 0.1) is 6.54 Å². The van der Waals surface area contributed by atoms with Crippen LogP contribution in [0.3, 0.4) is 0 Å². The topological polar surface area (TPSA) is 38.0 Å². The summed E-state index contributed by atoms with van der Waals surface area (Å²) >= 11 is 0. The summed E-state index contributed by atoms with van der Waals surface area (Å²) in [5, 5.41) is 13.7. The van der Waals surface area contributed by atoms with Crippen molar-refractivity contribution < 1.29 is 18.3 Å². The van der Waals surface area contributed by atoms with Crippen molar-refractivity contribution in [2.75, 3.05) is 0 Å². The van der Waals surface area contributed by atoms with Gasteiger partial charge in [0.1, 0.15) is 5.60 Å². The van der Waals surface area contributed by atoms with Crippen molar-refractivity contribution >= 4 is 0 Å². The van der Waals surface area contributed by atoms with Gasteiger partial charge in [0.15, 0.2) is 5.69 Å². The number of aromatic nitrogens is 2. The fourth-order valence-corrected chi connectivity index (χ4v) is 1.80. The van der Waals surface area contributed by atoms with Crippen LogP contribution in [-0.4, -0.2) is 14.9 Å². The van der Waals surface area contributed by atoms with Gasteiger partial charge >= 0.3 is 6.18 Å². The lowest BCUT2D eigenvalue weighted by molar-refractivity contribution is -0.141. The summed E-state index contributed by atoms with van der Waals surface area (Å²) < 4.78 is 38.3. The molecule has 1 aromatic carbocycles. The molecule has 6 heteroatoms. The molecule has 1 heterocycles. The van der Waals surface area contributed by atoms with Gasteiger partial charge in [-0.15, -0.1) is 0 Å². The lowest BCUT2D eigenvalue weighted by Gasteiger charge is -2.23. The van der Waals surface area contributed by atoms with Gasteiger partial charge in [-0.05, 0) is 18.6 Å². The zero-order chi connectivity index (χ0) is 14.1. The first-order valence-electron chi connectivity index (χ1n) is 5.67. The number of rotatable bonds is 3. The highest BCUT2D eigenvalue weighted by molar-refractivity contribution is 5.21. The van der Waals surface area contributed by atoms with Gasteiger partial charge in [0.2, 0.25) is 0 Å². The molecule has 0 saturated carbocycles. The van der Waals surface area contributed by atoms with Gasteiger partial charge in [0, 0.05) is 6.20 Å². The summed E-state index contributed by atoms with van der Waals surface area (Å²) in [6, 6.07) is 9.64. The van der Waals surface area contributed by atoms with Crippen LogP contribution < -0.4 is 0 Å². The van der Waals surface area contributed by atoms with Crippen molar-refractivity contribution in [3.05, 3.63) is 53.9 Å². The molecule has 1 aromatic heterocycles. The van der Waals surface area contributed by atoms with Crippen molar-refractivity contribution in [2.45, 2.75) is 25.2 Å².